The topological polar surface area (TPSA) is 158 Å². The molecule has 3 rings (SSSR count). The Balaban J connectivity index is 1.99. The summed E-state index contributed by atoms with van der Waals surface area (Å²) in [7, 11) is 0. The molecule has 1 aliphatic carbocycles. The highest BCUT2D eigenvalue weighted by Gasteiger charge is 2.75. The van der Waals surface area contributed by atoms with Crippen LogP contribution >= 0.6 is 0 Å². The summed E-state index contributed by atoms with van der Waals surface area (Å²) in [5.41, 5.74) is 0. The highest BCUT2D eigenvalue weighted by molar-refractivity contribution is 5.86. The maximum absolute atomic E-state index is 11.3. The van der Waals surface area contributed by atoms with Crippen molar-refractivity contribution in [2.45, 2.75) is 12.2 Å². The Labute approximate surface area is 117 Å². The number of rotatable bonds is 4. The summed E-state index contributed by atoms with van der Waals surface area (Å²) >= 11 is 0. The first-order valence-electron chi connectivity index (χ1n) is 6.34. The first kappa shape index (κ1) is 13.8. The number of hydrogen-bond acceptors (Lipinski definition) is 5. The average Bonchev–Trinajstić information content (AvgIpc) is 2.78. The first-order chi connectivity index (χ1) is 9.77. The Kier molecular flexibility index (Phi) is 2.74. The lowest BCUT2D eigenvalue weighted by atomic mass is 9.48. The summed E-state index contributed by atoms with van der Waals surface area (Å²) in [6, 6.07) is 0. The molecule has 0 aromatic rings. The van der Waals surface area contributed by atoms with Crippen molar-refractivity contribution in [3.63, 3.8) is 0 Å². The van der Waals surface area contributed by atoms with E-state index in [1.165, 1.54) is 0 Å². The minimum absolute atomic E-state index is 0.759. The Morgan fingerprint density at radius 1 is 0.571 bits per heavy atom. The molecule has 1 saturated carbocycles. The van der Waals surface area contributed by atoms with Gasteiger partial charge in [0.1, 0.15) is 0 Å². The van der Waals surface area contributed by atoms with Gasteiger partial charge in [-0.3, -0.25) is 19.2 Å². The van der Waals surface area contributed by atoms with Gasteiger partial charge in [-0.1, -0.05) is 0 Å². The van der Waals surface area contributed by atoms with Crippen molar-refractivity contribution in [3.05, 3.63) is 0 Å². The molecular weight excluding hydrogens is 288 g/mol. The monoisotopic (exact) mass is 300 g/mol. The third kappa shape index (κ3) is 1.54. The van der Waals surface area contributed by atoms with Gasteiger partial charge in [-0.15, -0.1) is 0 Å². The molecule has 0 aromatic heterocycles. The highest BCUT2D eigenvalue weighted by Crippen LogP contribution is 2.63. The lowest BCUT2D eigenvalue weighted by molar-refractivity contribution is -0.183. The second-order valence-electron chi connectivity index (χ2n) is 5.68. The molecule has 0 spiro atoms. The van der Waals surface area contributed by atoms with E-state index in [9.17, 15) is 29.4 Å². The first-order valence-corrected chi connectivity index (χ1v) is 6.34. The Morgan fingerprint density at radius 2 is 0.857 bits per heavy atom. The fourth-order valence-electron chi connectivity index (χ4n) is 4.30. The second-order valence-corrected chi connectivity index (χ2v) is 5.68. The number of aliphatic carboxylic acids is 4. The number of fused-ring (bicyclic) bond motifs is 5. The van der Waals surface area contributed by atoms with Crippen LogP contribution in [0.3, 0.4) is 0 Å². The van der Waals surface area contributed by atoms with Gasteiger partial charge < -0.3 is 25.2 Å². The summed E-state index contributed by atoms with van der Waals surface area (Å²) in [6.45, 7) is 0. The van der Waals surface area contributed by atoms with Crippen LogP contribution in [0.15, 0.2) is 0 Å². The Hall–Kier alpha value is -2.16. The molecule has 4 N–H and O–H groups in total. The van der Waals surface area contributed by atoms with Gasteiger partial charge in [0, 0.05) is 11.8 Å². The minimum Gasteiger partial charge on any atom is -0.481 e. The SMILES string of the molecule is O=C(O)C1C2OC(C1C(=O)O)C1C(C(=O)O)C(C(=O)O)C21. The third-order valence-corrected chi connectivity index (χ3v) is 4.97. The quantitative estimate of drug-likeness (QED) is 0.501. The number of carboxylic acid groups (broad SMARTS) is 4. The van der Waals surface area contributed by atoms with Crippen LogP contribution in [0.25, 0.3) is 0 Å². The maximum atomic E-state index is 11.3. The zero-order valence-electron chi connectivity index (χ0n) is 10.4. The van der Waals surface area contributed by atoms with E-state index in [0.717, 1.165) is 0 Å². The Morgan fingerprint density at radius 3 is 1.10 bits per heavy atom. The predicted octanol–water partition coefficient (Wildman–Crippen LogP) is -1.18. The smallest absolute Gasteiger partial charge is 0.310 e. The van der Waals surface area contributed by atoms with Crippen molar-refractivity contribution in [3.8, 4) is 0 Å². The van der Waals surface area contributed by atoms with Gasteiger partial charge in [0.25, 0.3) is 0 Å². The van der Waals surface area contributed by atoms with Crippen LogP contribution in [0.5, 0.6) is 0 Å². The van der Waals surface area contributed by atoms with Crippen LogP contribution < -0.4 is 0 Å². The third-order valence-electron chi connectivity index (χ3n) is 4.97. The number of ether oxygens (including phenoxy) is 1. The second kappa shape index (κ2) is 4.17. The molecule has 9 heteroatoms. The normalized spacial score (nSPS) is 46.5. The molecule has 3 aliphatic rings. The van der Waals surface area contributed by atoms with Crippen molar-refractivity contribution >= 4 is 23.9 Å². The summed E-state index contributed by atoms with van der Waals surface area (Å²) in [4.78, 5) is 45.0. The van der Waals surface area contributed by atoms with Crippen LogP contribution in [0.1, 0.15) is 0 Å². The van der Waals surface area contributed by atoms with Crippen LogP contribution in [-0.2, 0) is 23.9 Å². The average molecular weight is 300 g/mol. The molecule has 0 aromatic carbocycles. The van der Waals surface area contributed by atoms with Crippen LogP contribution in [0, 0.1) is 35.5 Å². The standard InChI is InChI=1S/C12H12O9/c13-9(14)3-1-2(4(3)10(15)16)8-6(12(19)20)5(11(17)18)7(1)21-8/h1-8H,(H,13,14)(H,15,16)(H,17,18)(H,19,20). The van der Waals surface area contributed by atoms with Gasteiger partial charge in [0.15, 0.2) is 0 Å². The van der Waals surface area contributed by atoms with E-state index in [1.807, 2.05) is 0 Å². The summed E-state index contributed by atoms with van der Waals surface area (Å²) in [5.74, 6) is -12.1. The molecule has 0 amide bonds. The van der Waals surface area contributed by atoms with E-state index in [-0.39, 0.29) is 0 Å². The summed E-state index contributed by atoms with van der Waals surface area (Å²) in [5, 5.41) is 36.6. The van der Waals surface area contributed by atoms with Crippen molar-refractivity contribution in [2.24, 2.45) is 35.5 Å². The van der Waals surface area contributed by atoms with Crippen molar-refractivity contribution in [1.29, 1.82) is 0 Å². The molecule has 114 valence electrons. The molecule has 0 radical (unpaired) electrons. The van der Waals surface area contributed by atoms with E-state index in [0.29, 0.717) is 0 Å². The molecule has 2 heterocycles. The molecule has 8 unspecified atom stereocenters. The highest BCUT2D eigenvalue weighted by atomic mass is 16.5. The number of carboxylic acids is 4. The van der Waals surface area contributed by atoms with E-state index < -0.39 is 71.6 Å². The van der Waals surface area contributed by atoms with Crippen molar-refractivity contribution in [1.82, 2.24) is 0 Å². The fourth-order valence-corrected chi connectivity index (χ4v) is 4.30. The van der Waals surface area contributed by atoms with Crippen LogP contribution in [0.2, 0.25) is 0 Å². The molecule has 21 heavy (non-hydrogen) atoms. The zero-order valence-corrected chi connectivity index (χ0v) is 10.4. The van der Waals surface area contributed by atoms with E-state index in [1.54, 1.807) is 0 Å². The minimum atomic E-state index is -1.36. The van der Waals surface area contributed by atoms with Crippen molar-refractivity contribution < 1.29 is 44.3 Å². The van der Waals surface area contributed by atoms with Gasteiger partial charge >= 0.3 is 23.9 Å². The molecule has 9 nitrogen and oxygen atoms in total. The summed E-state index contributed by atoms with van der Waals surface area (Å²) < 4.78 is 5.38. The molecule has 8 atom stereocenters. The van der Waals surface area contributed by atoms with E-state index in [4.69, 9.17) is 14.9 Å². The Bertz CT molecular complexity index is 503. The van der Waals surface area contributed by atoms with E-state index in [2.05, 4.69) is 0 Å². The zero-order chi connectivity index (χ0) is 15.6. The maximum Gasteiger partial charge on any atom is 0.310 e. The van der Waals surface area contributed by atoms with Gasteiger partial charge in [-0.25, -0.2) is 0 Å². The van der Waals surface area contributed by atoms with Gasteiger partial charge in [-0.05, 0) is 0 Å². The molecule has 2 aliphatic heterocycles. The lowest BCUT2D eigenvalue weighted by Gasteiger charge is -2.50. The van der Waals surface area contributed by atoms with Crippen molar-refractivity contribution in [2.75, 3.05) is 0 Å². The van der Waals surface area contributed by atoms with Gasteiger partial charge in [-0.2, -0.15) is 0 Å². The molecule has 3 fully saturated rings. The molecule has 2 saturated heterocycles. The van der Waals surface area contributed by atoms with E-state index >= 15 is 0 Å². The summed E-state index contributed by atoms with van der Waals surface area (Å²) in [6.07, 6.45) is -2.12. The number of carbonyl (C=O) groups is 4. The van der Waals surface area contributed by atoms with Crippen LogP contribution in [-0.4, -0.2) is 56.5 Å². The fraction of sp³-hybridized carbons (Fsp3) is 0.667. The molecular formula is C12H12O9. The number of hydrogen-bond donors (Lipinski definition) is 4. The predicted molar refractivity (Wildman–Crippen MR) is 60.1 cm³/mol. The largest absolute Gasteiger partial charge is 0.481 e. The van der Waals surface area contributed by atoms with Crippen LogP contribution in [0.4, 0.5) is 0 Å². The van der Waals surface area contributed by atoms with Gasteiger partial charge in [0.05, 0.1) is 35.9 Å². The lowest BCUT2D eigenvalue weighted by Crippen LogP contribution is -2.63. The molecule has 2 bridgehead atoms. The van der Waals surface area contributed by atoms with Gasteiger partial charge in [0.2, 0.25) is 0 Å².